The zero-order valence-corrected chi connectivity index (χ0v) is 11.1. The van der Waals surface area contributed by atoms with E-state index in [1.165, 1.54) is 11.8 Å². The SMILES string of the molecule is Nc1cccnc1SCc1ccccc1CC(=O)O. The lowest BCUT2D eigenvalue weighted by molar-refractivity contribution is -0.136. The third-order valence-corrected chi connectivity index (χ3v) is 3.69. The highest BCUT2D eigenvalue weighted by Gasteiger charge is 2.08. The predicted octanol–water partition coefficient (Wildman–Crippen LogP) is 2.58. The summed E-state index contributed by atoms with van der Waals surface area (Å²) in [6, 6.07) is 11.1. The summed E-state index contributed by atoms with van der Waals surface area (Å²) < 4.78 is 0. The van der Waals surface area contributed by atoms with E-state index in [0.717, 1.165) is 16.2 Å². The number of nitrogens with zero attached hydrogens (tertiary/aromatic N) is 1. The van der Waals surface area contributed by atoms with Gasteiger partial charge in [0.1, 0.15) is 5.03 Å². The molecule has 1 aromatic carbocycles. The van der Waals surface area contributed by atoms with Crippen molar-refractivity contribution in [3.05, 3.63) is 53.7 Å². The third-order valence-electron chi connectivity index (χ3n) is 2.63. The first-order valence-corrected chi connectivity index (χ1v) is 6.77. The number of aliphatic carboxylic acids is 1. The highest BCUT2D eigenvalue weighted by molar-refractivity contribution is 7.98. The average Bonchev–Trinajstić information content (AvgIpc) is 2.39. The van der Waals surface area contributed by atoms with Gasteiger partial charge in [0.15, 0.2) is 0 Å². The molecule has 1 aromatic heterocycles. The van der Waals surface area contributed by atoms with Crippen molar-refractivity contribution in [1.82, 2.24) is 4.98 Å². The topological polar surface area (TPSA) is 76.2 Å². The van der Waals surface area contributed by atoms with E-state index in [-0.39, 0.29) is 6.42 Å². The van der Waals surface area contributed by atoms with Crippen LogP contribution in [0.1, 0.15) is 11.1 Å². The van der Waals surface area contributed by atoms with Gasteiger partial charge in [-0.25, -0.2) is 4.98 Å². The van der Waals surface area contributed by atoms with Crippen LogP contribution in [0.25, 0.3) is 0 Å². The van der Waals surface area contributed by atoms with Crippen molar-refractivity contribution < 1.29 is 9.90 Å². The average molecular weight is 274 g/mol. The number of carboxylic acids is 1. The molecule has 0 radical (unpaired) electrons. The van der Waals surface area contributed by atoms with Gasteiger partial charge in [-0.3, -0.25) is 4.79 Å². The van der Waals surface area contributed by atoms with Gasteiger partial charge < -0.3 is 10.8 Å². The number of anilines is 1. The van der Waals surface area contributed by atoms with Gasteiger partial charge in [-0.2, -0.15) is 0 Å². The van der Waals surface area contributed by atoms with E-state index in [0.29, 0.717) is 11.4 Å². The number of nitrogen functional groups attached to an aromatic ring is 1. The van der Waals surface area contributed by atoms with E-state index in [1.807, 2.05) is 24.3 Å². The normalized spacial score (nSPS) is 10.3. The number of nitrogens with two attached hydrogens (primary N) is 1. The monoisotopic (exact) mass is 274 g/mol. The summed E-state index contributed by atoms with van der Waals surface area (Å²) in [4.78, 5) is 15.0. The van der Waals surface area contributed by atoms with Gasteiger partial charge in [-0.1, -0.05) is 36.0 Å². The minimum absolute atomic E-state index is 0.0361. The molecule has 0 aliphatic rings. The number of carbonyl (C=O) groups is 1. The van der Waals surface area contributed by atoms with Gasteiger partial charge in [0, 0.05) is 11.9 Å². The summed E-state index contributed by atoms with van der Waals surface area (Å²) >= 11 is 1.51. The number of pyridine rings is 1. The van der Waals surface area contributed by atoms with Gasteiger partial charge in [0.25, 0.3) is 0 Å². The Kier molecular flexibility index (Phi) is 4.41. The molecule has 0 unspecified atom stereocenters. The van der Waals surface area contributed by atoms with Crippen LogP contribution in [0, 0.1) is 0 Å². The quantitative estimate of drug-likeness (QED) is 0.819. The van der Waals surface area contributed by atoms with Crippen LogP contribution < -0.4 is 5.73 Å². The number of benzene rings is 1. The number of hydrogen-bond acceptors (Lipinski definition) is 4. The summed E-state index contributed by atoms with van der Waals surface area (Å²) in [6.45, 7) is 0. The number of carboxylic acid groups (broad SMARTS) is 1. The van der Waals surface area contributed by atoms with E-state index in [9.17, 15) is 4.79 Å². The second-order valence-electron chi connectivity index (χ2n) is 4.03. The van der Waals surface area contributed by atoms with Crippen LogP contribution in [0.5, 0.6) is 0 Å². The Labute approximate surface area is 115 Å². The van der Waals surface area contributed by atoms with Crippen molar-refractivity contribution in [3.63, 3.8) is 0 Å². The van der Waals surface area contributed by atoms with Crippen LogP contribution in [0.3, 0.4) is 0 Å². The molecule has 0 atom stereocenters. The molecule has 0 bridgehead atoms. The van der Waals surface area contributed by atoms with Crippen LogP contribution in [0.15, 0.2) is 47.6 Å². The standard InChI is InChI=1S/C14H14N2O2S/c15-12-6-3-7-16-14(12)19-9-11-5-2-1-4-10(11)8-13(17)18/h1-7H,8-9,15H2,(H,17,18). The molecular formula is C14H14N2O2S. The molecule has 19 heavy (non-hydrogen) atoms. The fraction of sp³-hybridized carbons (Fsp3) is 0.143. The maximum absolute atomic E-state index is 10.8. The first-order valence-electron chi connectivity index (χ1n) is 5.78. The Morgan fingerprint density at radius 1 is 1.21 bits per heavy atom. The fourth-order valence-corrected chi connectivity index (χ4v) is 2.65. The van der Waals surface area contributed by atoms with Gasteiger partial charge >= 0.3 is 5.97 Å². The molecule has 1 heterocycles. The second kappa shape index (κ2) is 6.24. The molecule has 0 fully saturated rings. The van der Waals surface area contributed by atoms with Crippen molar-refractivity contribution >= 4 is 23.4 Å². The Bertz CT molecular complexity index is 587. The molecule has 0 spiro atoms. The molecule has 0 saturated heterocycles. The minimum Gasteiger partial charge on any atom is -0.481 e. The van der Waals surface area contributed by atoms with Crippen LogP contribution >= 0.6 is 11.8 Å². The van der Waals surface area contributed by atoms with Gasteiger partial charge in [-0.05, 0) is 23.3 Å². The van der Waals surface area contributed by atoms with Crippen molar-refractivity contribution in [2.45, 2.75) is 17.2 Å². The summed E-state index contributed by atoms with van der Waals surface area (Å²) in [5, 5.41) is 9.65. The van der Waals surface area contributed by atoms with Crippen molar-refractivity contribution in [2.75, 3.05) is 5.73 Å². The second-order valence-corrected chi connectivity index (χ2v) is 4.99. The molecule has 0 aliphatic carbocycles. The maximum Gasteiger partial charge on any atom is 0.307 e. The molecule has 98 valence electrons. The van der Waals surface area contributed by atoms with Crippen LogP contribution in [0.2, 0.25) is 0 Å². The number of aromatic nitrogens is 1. The molecular weight excluding hydrogens is 260 g/mol. The molecule has 2 aromatic rings. The van der Waals surface area contributed by atoms with Crippen molar-refractivity contribution in [2.24, 2.45) is 0 Å². The van der Waals surface area contributed by atoms with E-state index in [1.54, 1.807) is 18.3 Å². The lowest BCUT2D eigenvalue weighted by Crippen LogP contribution is -2.03. The molecule has 0 saturated carbocycles. The smallest absolute Gasteiger partial charge is 0.307 e. The zero-order valence-electron chi connectivity index (χ0n) is 10.2. The minimum atomic E-state index is -0.824. The molecule has 4 nitrogen and oxygen atoms in total. The van der Waals surface area contributed by atoms with Crippen LogP contribution in [0.4, 0.5) is 5.69 Å². The van der Waals surface area contributed by atoms with E-state index in [4.69, 9.17) is 10.8 Å². The number of thioether (sulfide) groups is 1. The zero-order chi connectivity index (χ0) is 13.7. The Balaban J connectivity index is 2.11. The molecule has 5 heteroatoms. The van der Waals surface area contributed by atoms with E-state index in [2.05, 4.69) is 4.98 Å². The lowest BCUT2D eigenvalue weighted by Gasteiger charge is -2.08. The van der Waals surface area contributed by atoms with E-state index < -0.39 is 5.97 Å². The van der Waals surface area contributed by atoms with Crippen LogP contribution in [-0.2, 0) is 17.0 Å². The predicted molar refractivity (Wildman–Crippen MR) is 76.0 cm³/mol. The van der Waals surface area contributed by atoms with E-state index >= 15 is 0 Å². The highest BCUT2D eigenvalue weighted by Crippen LogP contribution is 2.26. The summed E-state index contributed by atoms with van der Waals surface area (Å²) in [5.41, 5.74) is 8.30. The summed E-state index contributed by atoms with van der Waals surface area (Å²) in [7, 11) is 0. The first kappa shape index (κ1) is 13.4. The maximum atomic E-state index is 10.8. The van der Waals surface area contributed by atoms with Crippen LogP contribution in [-0.4, -0.2) is 16.1 Å². The third kappa shape index (κ3) is 3.72. The molecule has 2 rings (SSSR count). The molecule has 0 amide bonds. The lowest BCUT2D eigenvalue weighted by atomic mass is 10.1. The fourth-order valence-electron chi connectivity index (χ4n) is 1.70. The van der Waals surface area contributed by atoms with Crippen molar-refractivity contribution in [3.8, 4) is 0 Å². The Hall–Kier alpha value is -2.01. The largest absolute Gasteiger partial charge is 0.481 e. The summed E-state index contributed by atoms with van der Waals surface area (Å²) in [5.74, 6) is -0.167. The first-order chi connectivity index (χ1) is 9.16. The van der Waals surface area contributed by atoms with Gasteiger partial charge in [0.2, 0.25) is 0 Å². The Morgan fingerprint density at radius 2 is 1.95 bits per heavy atom. The van der Waals surface area contributed by atoms with Gasteiger partial charge in [-0.15, -0.1) is 0 Å². The number of hydrogen-bond donors (Lipinski definition) is 2. The Morgan fingerprint density at radius 3 is 2.63 bits per heavy atom. The highest BCUT2D eigenvalue weighted by atomic mass is 32.2. The summed E-state index contributed by atoms with van der Waals surface area (Å²) in [6.07, 6.45) is 1.73. The molecule has 3 N–H and O–H groups in total. The molecule has 0 aliphatic heterocycles. The number of rotatable bonds is 5. The van der Waals surface area contributed by atoms with Gasteiger partial charge in [0.05, 0.1) is 12.1 Å². The van der Waals surface area contributed by atoms with Crippen molar-refractivity contribution in [1.29, 1.82) is 0 Å².